The number of hydrogen-bond donors (Lipinski definition) is 1. The van der Waals surface area contributed by atoms with E-state index in [0.717, 1.165) is 6.07 Å². The number of nitro groups is 1. The number of nitro benzene ring substituents is 1. The predicted octanol–water partition coefficient (Wildman–Crippen LogP) is 1.61. The molecule has 18 heavy (non-hydrogen) atoms. The van der Waals surface area contributed by atoms with Gasteiger partial charge in [0.15, 0.2) is 12.4 Å². The van der Waals surface area contributed by atoms with Crippen molar-refractivity contribution in [2.45, 2.75) is 0 Å². The van der Waals surface area contributed by atoms with Gasteiger partial charge in [-0.3, -0.25) is 15.1 Å². The standard InChI is InChI=1S/C11H8N2O5/c14-10(15)6-18-9-5-8(13(16)17)4-7-2-1-3-12-11(7)9/h1-5H,6H2,(H,14,15). The van der Waals surface area contributed by atoms with Crippen molar-refractivity contribution in [1.82, 2.24) is 4.98 Å². The summed E-state index contributed by atoms with van der Waals surface area (Å²) < 4.78 is 5.01. The molecule has 0 unspecified atom stereocenters. The number of carboxylic acids is 1. The number of rotatable bonds is 4. The molecule has 1 N–H and O–H groups in total. The smallest absolute Gasteiger partial charge is 0.341 e. The topological polar surface area (TPSA) is 103 Å². The summed E-state index contributed by atoms with van der Waals surface area (Å²) in [5.74, 6) is -1.08. The second-order valence-corrected chi connectivity index (χ2v) is 3.46. The van der Waals surface area contributed by atoms with Gasteiger partial charge in [0, 0.05) is 17.6 Å². The maximum Gasteiger partial charge on any atom is 0.341 e. The summed E-state index contributed by atoms with van der Waals surface area (Å²) in [6.45, 7) is -0.577. The number of benzene rings is 1. The molecule has 2 aromatic rings. The molecule has 0 fully saturated rings. The normalized spacial score (nSPS) is 10.2. The molecule has 7 nitrogen and oxygen atoms in total. The summed E-state index contributed by atoms with van der Waals surface area (Å²) in [6, 6.07) is 5.80. The first-order chi connectivity index (χ1) is 8.58. The molecule has 0 bridgehead atoms. The molecule has 1 aromatic carbocycles. The molecule has 0 atom stereocenters. The van der Waals surface area contributed by atoms with E-state index in [4.69, 9.17) is 9.84 Å². The summed E-state index contributed by atoms with van der Waals surface area (Å²) in [7, 11) is 0. The molecule has 1 aromatic heterocycles. The summed E-state index contributed by atoms with van der Waals surface area (Å²) >= 11 is 0. The van der Waals surface area contributed by atoms with Crippen LogP contribution in [0.2, 0.25) is 0 Å². The lowest BCUT2D eigenvalue weighted by atomic mass is 10.2. The zero-order valence-corrected chi connectivity index (χ0v) is 9.07. The number of pyridine rings is 1. The number of carbonyl (C=O) groups is 1. The van der Waals surface area contributed by atoms with Gasteiger partial charge in [-0.1, -0.05) is 6.07 Å². The Hall–Kier alpha value is -2.70. The van der Waals surface area contributed by atoms with Crippen LogP contribution in [-0.4, -0.2) is 27.6 Å². The maximum atomic E-state index is 10.7. The van der Waals surface area contributed by atoms with Crippen molar-refractivity contribution in [3.05, 3.63) is 40.6 Å². The Morgan fingerprint density at radius 2 is 2.28 bits per heavy atom. The molecule has 7 heteroatoms. The van der Waals surface area contributed by atoms with Crippen LogP contribution in [0.1, 0.15) is 0 Å². The fraction of sp³-hybridized carbons (Fsp3) is 0.0909. The summed E-state index contributed by atoms with van der Waals surface area (Å²) in [4.78, 5) is 24.6. The first-order valence-corrected chi connectivity index (χ1v) is 4.95. The van der Waals surface area contributed by atoms with E-state index < -0.39 is 17.5 Å². The molecule has 92 valence electrons. The Labute approximate surface area is 101 Å². The summed E-state index contributed by atoms with van der Waals surface area (Å²) in [6.07, 6.45) is 1.50. The molecule has 0 aliphatic carbocycles. The van der Waals surface area contributed by atoms with Crippen LogP contribution in [0.4, 0.5) is 5.69 Å². The van der Waals surface area contributed by atoms with Crippen molar-refractivity contribution in [2.24, 2.45) is 0 Å². The lowest BCUT2D eigenvalue weighted by Gasteiger charge is -2.06. The molecule has 1 heterocycles. The molecule has 0 saturated heterocycles. The number of aliphatic carboxylic acids is 1. The monoisotopic (exact) mass is 248 g/mol. The minimum absolute atomic E-state index is 0.0854. The Kier molecular flexibility index (Phi) is 3.05. The van der Waals surface area contributed by atoms with Crippen LogP contribution in [-0.2, 0) is 4.79 Å². The fourth-order valence-corrected chi connectivity index (χ4v) is 1.50. The summed E-state index contributed by atoms with van der Waals surface area (Å²) in [5, 5.41) is 19.8. The Morgan fingerprint density at radius 1 is 1.50 bits per heavy atom. The molecule has 0 aliphatic rings. The molecule has 0 spiro atoms. The zero-order valence-electron chi connectivity index (χ0n) is 9.07. The van der Waals surface area contributed by atoms with Crippen LogP contribution in [0.5, 0.6) is 5.75 Å². The Morgan fingerprint density at radius 3 is 2.94 bits per heavy atom. The van der Waals surface area contributed by atoms with Crippen molar-refractivity contribution >= 4 is 22.6 Å². The number of nitrogens with zero attached hydrogens (tertiary/aromatic N) is 2. The van der Waals surface area contributed by atoms with Gasteiger partial charge >= 0.3 is 5.97 Å². The maximum absolute atomic E-state index is 10.7. The van der Waals surface area contributed by atoms with E-state index in [-0.39, 0.29) is 11.4 Å². The molecule has 0 amide bonds. The Balaban J connectivity index is 2.53. The molecule has 2 rings (SSSR count). The second kappa shape index (κ2) is 4.66. The molecular formula is C11H8N2O5. The van der Waals surface area contributed by atoms with Crippen LogP contribution in [0.15, 0.2) is 30.5 Å². The highest BCUT2D eigenvalue weighted by molar-refractivity contribution is 5.87. The molecular weight excluding hydrogens is 240 g/mol. The molecule has 0 saturated carbocycles. The minimum atomic E-state index is -1.16. The van der Waals surface area contributed by atoms with Crippen LogP contribution >= 0.6 is 0 Å². The van der Waals surface area contributed by atoms with Gasteiger partial charge in [-0.05, 0) is 6.07 Å². The van der Waals surface area contributed by atoms with E-state index in [2.05, 4.69) is 4.98 Å². The van der Waals surface area contributed by atoms with Crippen LogP contribution in [0, 0.1) is 10.1 Å². The van der Waals surface area contributed by atoms with Gasteiger partial charge < -0.3 is 9.84 Å². The number of ether oxygens (including phenoxy) is 1. The highest BCUT2D eigenvalue weighted by Crippen LogP contribution is 2.29. The third-order valence-corrected chi connectivity index (χ3v) is 2.22. The third kappa shape index (κ3) is 2.34. The van der Waals surface area contributed by atoms with Gasteiger partial charge in [0.1, 0.15) is 5.52 Å². The third-order valence-electron chi connectivity index (χ3n) is 2.22. The van der Waals surface area contributed by atoms with Gasteiger partial charge in [-0.2, -0.15) is 0 Å². The number of hydrogen-bond acceptors (Lipinski definition) is 5. The lowest BCUT2D eigenvalue weighted by Crippen LogP contribution is -2.10. The van der Waals surface area contributed by atoms with Crippen molar-refractivity contribution in [2.75, 3.05) is 6.61 Å². The van der Waals surface area contributed by atoms with Gasteiger partial charge in [-0.25, -0.2) is 4.79 Å². The highest BCUT2D eigenvalue weighted by atomic mass is 16.6. The van der Waals surface area contributed by atoms with Gasteiger partial charge in [0.25, 0.3) is 5.69 Å². The first kappa shape index (κ1) is 11.8. The lowest BCUT2D eigenvalue weighted by molar-refractivity contribution is -0.384. The average molecular weight is 248 g/mol. The van der Waals surface area contributed by atoms with Crippen LogP contribution < -0.4 is 4.74 Å². The van der Waals surface area contributed by atoms with Crippen LogP contribution in [0.3, 0.4) is 0 Å². The zero-order chi connectivity index (χ0) is 13.1. The van der Waals surface area contributed by atoms with E-state index in [0.29, 0.717) is 10.9 Å². The van der Waals surface area contributed by atoms with E-state index in [1.165, 1.54) is 12.3 Å². The van der Waals surface area contributed by atoms with Gasteiger partial charge in [0.2, 0.25) is 0 Å². The van der Waals surface area contributed by atoms with Crippen molar-refractivity contribution in [3.8, 4) is 5.75 Å². The Bertz CT molecular complexity index is 626. The minimum Gasteiger partial charge on any atom is -0.479 e. The quantitative estimate of drug-likeness (QED) is 0.651. The van der Waals surface area contributed by atoms with Crippen molar-refractivity contribution in [3.63, 3.8) is 0 Å². The largest absolute Gasteiger partial charge is 0.479 e. The van der Waals surface area contributed by atoms with E-state index >= 15 is 0 Å². The number of carboxylic acid groups (broad SMARTS) is 1. The predicted molar refractivity (Wildman–Crippen MR) is 61.5 cm³/mol. The highest BCUT2D eigenvalue weighted by Gasteiger charge is 2.14. The van der Waals surface area contributed by atoms with Crippen molar-refractivity contribution < 1.29 is 19.6 Å². The van der Waals surface area contributed by atoms with Crippen LogP contribution in [0.25, 0.3) is 10.9 Å². The van der Waals surface area contributed by atoms with Gasteiger partial charge in [0.05, 0.1) is 11.0 Å². The number of non-ortho nitro benzene ring substituents is 1. The first-order valence-electron chi connectivity index (χ1n) is 4.95. The van der Waals surface area contributed by atoms with Gasteiger partial charge in [-0.15, -0.1) is 0 Å². The average Bonchev–Trinajstić information content (AvgIpc) is 2.35. The fourth-order valence-electron chi connectivity index (χ4n) is 1.50. The number of aromatic nitrogens is 1. The molecule has 0 radical (unpaired) electrons. The summed E-state index contributed by atoms with van der Waals surface area (Å²) in [5.41, 5.74) is 0.222. The SMILES string of the molecule is O=C(O)COc1cc([N+](=O)[O-])cc2cccnc12. The van der Waals surface area contributed by atoms with E-state index in [1.807, 2.05) is 0 Å². The molecule has 0 aliphatic heterocycles. The van der Waals surface area contributed by atoms with E-state index in [1.54, 1.807) is 12.1 Å². The number of fused-ring (bicyclic) bond motifs is 1. The van der Waals surface area contributed by atoms with Crippen molar-refractivity contribution in [1.29, 1.82) is 0 Å². The second-order valence-electron chi connectivity index (χ2n) is 3.46. The van der Waals surface area contributed by atoms with E-state index in [9.17, 15) is 14.9 Å².